The molecule has 0 radical (unpaired) electrons. The van der Waals surface area contributed by atoms with E-state index in [4.69, 9.17) is 4.74 Å². The molecule has 1 N–H and O–H groups in total. The SMILES string of the molecule is CCC(Oc1ccc(N(C)S(C)(=O)=O)cc1)C(=O)Nc1ccc(N2CCCC2=O)cc1. The number of carbonyl (C=O) groups is 2. The van der Waals surface area contributed by atoms with Crippen LogP contribution in [0.25, 0.3) is 0 Å². The van der Waals surface area contributed by atoms with E-state index in [2.05, 4.69) is 5.32 Å². The Morgan fingerprint density at radius 2 is 1.81 bits per heavy atom. The standard InChI is InChI=1S/C22H27N3O5S/c1-4-20(30-19-13-11-17(12-14-19)24(2)31(3,28)29)22(27)23-16-7-9-18(10-8-16)25-15-5-6-21(25)26/h7-14,20H,4-6,15H2,1-3H3,(H,23,27). The molecule has 31 heavy (non-hydrogen) atoms. The lowest BCUT2D eigenvalue weighted by Crippen LogP contribution is -2.32. The number of ether oxygens (including phenoxy) is 1. The van der Waals surface area contributed by atoms with E-state index in [0.29, 0.717) is 30.0 Å². The summed E-state index contributed by atoms with van der Waals surface area (Å²) in [5, 5.41) is 2.84. The van der Waals surface area contributed by atoms with Crippen LogP contribution < -0.4 is 19.3 Å². The second-order valence-corrected chi connectivity index (χ2v) is 9.44. The third kappa shape index (κ3) is 5.55. The average Bonchev–Trinajstić information content (AvgIpc) is 3.17. The van der Waals surface area contributed by atoms with Crippen LogP contribution in [0.5, 0.6) is 5.75 Å². The Bertz CT molecular complexity index is 1040. The Morgan fingerprint density at radius 3 is 2.32 bits per heavy atom. The normalized spacial score (nSPS) is 14.9. The number of hydrogen-bond donors (Lipinski definition) is 1. The number of nitrogens with zero attached hydrogens (tertiary/aromatic N) is 2. The first kappa shape index (κ1) is 22.6. The molecule has 1 atom stereocenters. The molecule has 9 heteroatoms. The molecule has 1 aliphatic heterocycles. The summed E-state index contributed by atoms with van der Waals surface area (Å²) in [6, 6.07) is 13.7. The lowest BCUT2D eigenvalue weighted by molar-refractivity contribution is -0.122. The summed E-state index contributed by atoms with van der Waals surface area (Å²) in [5.74, 6) is 0.297. The molecule has 2 amide bonds. The number of carbonyl (C=O) groups excluding carboxylic acids is 2. The van der Waals surface area contributed by atoms with Gasteiger partial charge in [-0.3, -0.25) is 13.9 Å². The molecule has 1 aliphatic rings. The van der Waals surface area contributed by atoms with Crippen LogP contribution in [-0.4, -0.2) is 46.2 Å². The Kier molecular flexibility index (Phi) is 6.84. The summed E-state index contributed by atoms with van der Waals surface area (Å²) in [4.78, 5) is 26.3. The van der Waals surface area contributed by atoms with Gasteiger partial charge in [0.2, 0.25) is 15.9 Å². The maximum atomic E-state index is 12.7. The topological polar surface area (TPSA) is 96.0 Å². The van der Waals surface area contributed by atoms with Crippen molar-refractivity contribution in [1.82, 2.24) is 0 Å². The zero-order chi connectivity index (χ0) is 22.6. The minimum absolute atomic E-state index is 0.116. The van der Waals surface area contributed by atoms with E-state index in [9.17, 15) is 18.0 Å². The first-order valence-electron chi connectivity index (χ1n) is 10.1. The number of anilines is 3. The van der Waals surface area contributed by atoms with Gasteiger partial charge < -0.3 is 15.0 Å². The van der Waals surface area contributed by atoms with Crippen molar-refractivity contribution in [3.8, 4) is 5.75 Å². The Labute approximate surface area is 182 Å². The molecule has 0 saturated carbocycles. The number of amides is 2. The second-order valence-electron chi connectivity index (χ2n) is 7.42. The summed E-state index contributed by atoms with van der Waals surface area (Å²) < 4.78 is 30.2. The number of rotatable bonds is 8. The van der Waals surface area contributed by atoms with Crippen molar-refractivity contribution in [2.75, 3.05) is 34.4 Å². The molecule has 166 valence electrons. The van der Waals surface area contributed by atoms with E-state index in [1.165, 1.54) is 11.4 Å². The maximum absolute atomic E-state index is 12.7. The van der Waals surface area contributed by atoms with Gasteiger partial charge in [0, 0.05) is 31.4 Å². The van der Waals surface area contributed by atoms with Gasteiger partial charge in [-0.15, -0.1) is 0 Å². The van der Waals surface area contributed by atoms with Gasteiger partial charge in [0.1, 0.15) is 5.75 Å². The van der Waals surface area contributed by atoms with E-state index >= 15 is 0 Å². The quantitative estimate of drug-likeness (QED) is 0.674. The summed E-state index contributed by atoms with van der Waals surface area (Å²) in [7, 11) is -1.88. The molecular formula is C22H27N3O5S. The third-order valence-electron chi connectivity index (χ3n) is 5.16. The molecule has 0 spiro atoms. The minimum atomic E-state index is -3.35. The largest absolute Gasteiger partial charge is 0.481 e. The first-order chi connectivity index (χ1) is 14.7. The number of benzene rings is 2. The molecule has 1 unspecified atom stereocenters. The monoisotopic (exact) mass is 445 g/mol. The van der Waals surface area contributed by atoms with Gasteiger partial charge in [-0.2, -0.15) is 0 Å². The molecule has 0 bridgehead atoms. The van der Waals surface area contributed by atoms with Crippen LogP contribution in [0.2, 0.25) is 0 Å². The molecule has 1 heterocycles. The fourth-order valence-corrected chi connectivity index (χ4v) is 3.79. The molecular weight excluding hydrogens is 418 g/mol. The van der Waals surface area contributed by atoms with Crippen molar-refractivity contribution in [2.45, 2.75) is 32.3 Å². The van der Waals surface area contributed by atoms with Crippen molar-refractivity contribution in [1.29, 1.82) is 0 Å². The van der Waals surface area contributed by atoms with Crippen LogP contribution in [-0.2, 0) is 19.6 Å². The first-order valence-corrected chi connectivity index (χ1v) is 12.0. The second kappa shape index (κ2) is 9.38. The van der Waals surface area contributed by atoms with E-state index in [1.807, 2.05) is 19.1 Å². The molecule has 8 nitrogen and oxygen atoms in total. The van der Waals surface area contributed by atoms with Crippen LogP contribution in [0.4, 0.5) is 17.1 Å². The van der Waals surface area contributed by atoms with E-state index in [-0.39, 0.29) is 11.8 Å². The van der Waals surface area contributed by atoms with E-state index in [0.717, 1.165) is 24.9 Å². The Hall–Kier alpha value is -3.07. The van der Waals surface area contributed by atoms with Gasteiger partial charge in [-0.1, -0.05) is 6.92 Å². The highest BCUT2D eigenvalue weighted by atomic mass is 32.2. The predicted octanol–water partition coefficient (Wildman–Crippen LogP) is 3.01. The van der Waals surface area contributed by atoms with Gasteiger partial charge >= 0.3 is 0 Å². The summed E-state index contributed by atoms with van der Waals surface area (Å²) in [6.07, 6.45) is 2.30. The predicted molar refractivity (Wildman–Crippen MR) is 121 cm³/mol. The fourth-order valence-electron chi connectivity index (χ4n) is 3.28. The van der Waals surface area contributed by atoms with Crippen molar-refractivity contribution in [3.63, 3.8) is 0 Å². The smallest absolute Gasteiger partial charge is 0.265 e. The van der Waals surface area contributed by atoms with Crippen molar-refractivity contribution in [2.24, 2.45) is 0 Å². The van der Waals surface area contributed by atoms with Gasteiger partial charge in [-0.25, -0.2) is 8.42 Å². The van der Waals surface area contributed by atoms with Crippen LogP contribution >= 0.6 is 0 Å². The van der Waals surface area contributed by atoms with Crippen LogP contribution in [0.1, 0.15) is 26.2 Å². The average molecular weight is 446 g/mol. The van der Waals surface area contributed by atoms with E-state index in [1.54, 1.807) is 41.3 Å². The zero-order valence-corrected chi connectivity index (χ0v) is 18.7. The number of sulfonamides is 1. The van der Waals surface area contributed by atoms with Crippen LogP contribution in [0.3, 0.4) is 0 Å². The molecule has 3 rings (SSSR count). The van der Waals surface area contributed by atoms with Crippen molar-refractivity contribution >= 4 is 38.9 Å². The summed E-state index contributed by atoms with van der Waals surface area (Å²) in [5.41, 5.74) is 1.94. The highest BCUT2D eigenvalue weighted by Gasteiger charge is 2.22. The Balaban J connectivity index is 1.62. The van der Waals surface area contributed by atoms with Crippen molar-refractivity contribution < 1.29 is 22.7 Å². The lowest BCUT2D eigenvalue weighted by atomic mass is 10.2. The van der Waals surface area contributed by atoms with Gasteiger partial charge in [0.25, 0.3) is 5.91 Å². The van der Waals surface area contributed by atoms with Gasteiger partial charge in [-0.05, 0) is 61.4 Å². The van der Waals surface area contributed by atoms with E-state index < -0.39 is 16.1 Å². The fraction of sp³-hybridized carbons (Fsp3) is 0.364. The van der Waals surface area contributed by atoms with Gasteiger partial charge in [0.15, 0.2) is 6.10 Å². The zero-order valence-electron chi connectivity index (χ0n) is 17.9. The summed E-state index contributed by atoms with van der Waals surface area (Å²) in [6.45, 7) is 2.56. The van der Waals surface area contributed by atoms with Gasteiger partial charge in [0.05, 0.1) is 11.9 Å². The number of hydrogen-bond acceptors (Lipinski definition) is 5. The molecule has 2 aromatic carbocycles. The summed E-state index contributed by atoms with van der Waals surface area (Å²) >= 11 is 0. The lowest BCUT2D eigenvalue weighted by Gasteiger charge is -2.20. The highest BCUT2D eigenvalue weighted by molar-refractivity contribution is 7.92. The molecule has 0 aromatic heterocycles. The number of nitrogens with one attached hydrogen (secondary N) is 1. The van der Waals surface area contributed by atoms with Crippen LogP contribution in [0, 0.1) is 0 Å². The molecule has 1 fully saturated rings. The molecule has 2 aromatic rings. The minimum Gasteiger partial charge on any atom is -0.481 e. The van der Waals surface area contributed by atoms with Crippen LogP contribution in [0.15, 0.2) is 48.5 Å². The molecule has 1 saturated heterocycles. The Morgan fingerprint density at radius 1 is 1.16 bits per heavy atom. The highest BCUT2D eigenvalue weighted by Crippen LogP contribution is 2.24. The third-order valence-corrected chi connectivity index (χ3v) is 6.37. The van der Waals surface area contributed by atoms with Crippen molar-refractivity contribution in [3.05, 3.63) is 48.5 Å². The maximum Gasteiger partial charge on any atom is 0.265 e. The molecule has 0 aliphatic carbocycles.